The lowest BCUT2D eigenvalue weighted by Crippen LogP contribution is -2.54. The summed E-state index contributed by atoms with van der Waals surface area (Å²) in [6.45, 7) is 1.98. The zero-order chi connectivity index (χ0) is 38.5. The van der Waals surface area contributed by atoms with Crippen LogP contribution in [0.5, 0.6) is 5.75 Å². The fourth-order valence-corrected chi connectivity index (χ4v) is 6.25. The first-order valence-electron chi connectivity index (χ1n) is 18.1. The molecule has 0 saturated carbocycles. The Morgan fingerprint density at radius 2 is 1.54 bits per heavy atom. The summed E-state index contributed by atoms with van der Waals surface area (Å²) in [6, 6.07) is 17.6. The van der Waals surface area contributed by atoms with Crippen LogP contribution in [0.1, 0.15) is 98.4 Å². The molecular weight excluding hydrogens is 696 g/mol. The Labute approximate surface area is 312 Å². The Balaban J connectivity index is 0.895. The third-order valence-corrected chi connectivity index (χ3v) is 9.14. The number of ether oxygens (including phenoxy) is 1. The first kappa shape index (κ1) is 39.1. The molecule has 15 nitrogen and oxygen atoms in total. The van der Waals surface area contributed by atoms with E-state index in [2.05, 4.69) is 21.3 Å². The van der Waals surface area contributed by atoms with Crippen LogP contribution in [-0.4, -0.2) is 83.7 Å². The van der Waals surface area contributed by atoms with Crippen LogP contribution in [0.15, 0.2) is 66.7 Å². The number of rotatable bonds is 19. The molecule has 5 rings (SSSR count). The number of benzene rings is 3. The van der Waals surface area contributed by atoms with E-state index >= 15 is 0 Å². The van der Waals surface area contributed by atoms with Crippen molar-refractivity contribution in [1.82, 2.24) is 26.3 Å². The molecule has 3 aromatic carbocycles. The first-order chi connectivity index (χ1) is 26.2. The maximum atomic E-state index is 13.2. The van der Waals surface area contributed by atoms with Gasteiger partial charge in [-0.1, -0.05) is 24.3 Å². The van der Waals surface area contributed by atoms with Crippen molar-refractivity contribution in [3.8, 4) is 5.75 Å². The van der Waals surface area contributed by atoms with Crippen LogP contribution in [0.3, 0.4) is 0 Å². The summed E-state index contributed by atoms with van der Waals surface area (Å²) in [5, 5.41) is 20.0. The fourth-order valence-electron chi connectivity index (χ4n) is 6.25. The van der Waals surface area contributed by atoms with Gasteiger partial charge in [0.05, 0.1) is 17.7 Å². The number of carbonyl (C=O) groups is 7. The molecule has 0 radical (unpaired) electrons. The highest BCUT2D eigenvalue weighted by Gasteiger charge is 2.45. The van der Waals surface area contributed by atoms with Crippen molar-refractivity contribution in [3.05, 3.63) is 94.5 Å². The molecule has 7 amide bonds. The van der Waals surface area contributed by atoms with Gasteiger partial charge in [0.2, 0.25) is 17.7 Å². The Hall–Kier alpha value is -6.09. The van der Waals surface area contributed by atoms with Gasteiger partial charge in [-0.3, -0.25) is 49.0 Å². The molecule has 1 saturated heterocycles. The lowest BCUT2D eigenvalue weighted by atomic mass is 10.0. The predicted octanol–water partition coefficient (Wildman–Crippen LogP) is 3.13. The molecule has 0 aromatic heterocycles. The van der Waals surface area contributed by atoms with E-state index in [1.54, 1.807) is 35.8 Å². The van der Waals surface area contributed by atoms with Crippen LogP contribution in [0, 0.1) is 0 Å². The highest BCUT2D eigenvalue weighted by Crippen LogP contribution is 2.32. The van der Waals surface area contributed by atoms with Crippen molar-refractivity contribution < 1.29 is 43.5 Å². The summed E-state index contributed by atoms with van der Waals surface area (Å²) >= 11 is 0. The molecule has 1 unspecified atom stereocenters. The van der Waals surface area contributed by atoms with Gasteiger partial charge in [0.15, 0.2) is 0 Å². The van der Waals surface area contributed by atoms with E-state index < -0.39 is 35.6 Å². The van der Waals surface area contributed by atoms with Crippen LogP contribution in [0.4, 0.5) is 5.69 Å². The lowest BCUT2D eigenvalue weighted by molar-refractivity contribution is -0.136. The second-order valence-corrected chi connectivity index (χ2v) is 13.0. The van der Waals surface area contributed by atoms with Crippen LogP contribution in [0.2, 0.25) is 0 Å². The summed E-state index contributed by atoms with van der Waals surface area (Å²) in [5.41, 5.74) is 4.04. The molecular formula is C39H44N6O9. The molecule has 54 heavy (non-hydrogen) atoms. The average Bonchev–Trinajstić information content (AvgIpc) is 3.43. The molecule has 0 spiro atoms. The number of carbonyl (C=O) groups excluding carboxylic acids is 7. The van der Waals surface area contributed by atoms with E-state index in [9.17, 15) is 33.6 Å². The Morgan fingerprint density at radius 3 is 2.30 bits per heavy atom. The van der Waals surface area contributed by atoms with Crippen molar-refractivity contribution in [2.24, 2.45) is 0 Å². The second-order valence-electron chi connectivity index (χ2n) is 13.0. The van der Waals surface area contributed by atoms with Crippen LogP contribution in [0.25, 0.3) is 0 Å². The summed E-state index contributed by atoms with van der Waals surface area (Å²) in [7, 11) is 0. The summed E-state index contributed by atoms with van der Waals surface area (Å²) in [4.78, 5) is 87.3. The molecule has 2 aliphatic rings. The van der Waals surface area contributed by atoms with E-state index in [0.29, 0.717) is 62.5 Å². The molecule has 1 fully saturated rings. The third-order valence-electron chi connectivity index (χ3n) is 9.14. The zero-order valence-electron chi connectivity index (χ0n) is 29.8. The predicted molar refractivity (Wildman–Crippen MR) is 196 cm³/mol. The molecule has 3 aromatic rings. The van der Waals surface area contributed by atoms with E-state index in [1.165, 1.54) is 12.1 Å². The lowest BCUT2D eigenvalue weighted by Gasteiger charge is -2.27. The van der Waals surface area contributed by atoms with Crippen molar-refractivity contribution >= 4 is 47.0 Å². The number of imide groups is 2. The van der Waals surface area contributed by atoms with Crippen LogP contribution < -0.4 is 31.5 Å². The standard InChI is InChI=1S/C39H44N6O9/c46-32(12-2-5-23-54-28-15-13-25(14-16-28)19-22-42-35(48)26-8-6-9-27(24-26)36(49)44-53)41-21-4-1-3-20-40-30-11-7-10-29-34(30)39(52)45(38(29)51)31-17-18-33(47)43-37(31)50/h6-11,13-16,24,31,40,53H,1-5,12,17-23H2,(H,41,46)(H,42,48)(H,44,49)(H,43,47,50). The van der Waals surface area contributed by atoms with Crippen LogP contribution in [-0.2, 0) is 20.8 Å². The number of hydrogen-bond acceptors (Lipinski definition) is 10. The highest BCUT2D eigenvalue weighted by molar-refractivity contribution is 6.25. The smallest absolute Gasteiger partial charge is 0.274 e. The fraction of sp³-hybridized carbons (Fsp3) is 0.359. The SMILES string of the molecule is O=C(CCCCOc1ccc(CCNC(=O)c2cccc(C(=O)NO)c2)cc1)NCCCCCNc1cccc2c1C(=O)N(C1CCC(=O)NC1=O)C2=O. The number of hydrogen-bond donors (Lipinski definition) is 6. The largest absolute Gasteiger partial charge is 0.494 e. The van der Waals surface area contributed by atoms with E-state index in [0.717, 1.165) is 36.1 Å². The van der Waals surface area contributed by atoms with Crippen molar-refractivity contribution in [1.29, 1.82) is 0 Å². The molecule has 284 valence electrons. The van der Waals surface area contributed by atoms with E-state index in [1.807, 2.05) is 24.3 Å². The quantitative estimate of drug-likeness (QED) is 0.0458. The first-order valence-corrected chi connectivity index (χ1v) is 18.1. The van der Waals surface area contributed by atoms with Crippen molar-refractivity contribution in [3.63, 3.8) is 0 Å². The van der Waals surface area contributed by atoms with E-state index in [4.69, 9.17) is 9.94 Å². The maximum Gasteiger partial charge on any atom is 0.274 e. The van der Waals surface area contributed by atoms with Gasteiger partial charge in [-0.05, 0) is 93.0 Å². The second kappa shape index (κ2) is 19.1. The number of nitrogens with one attached hydrogen (secondary N) is 5. The Kier molecular flexibility index (Phi) is 13.9. The monoisotopic (exact) mass is 740 g/mol. The highest BCUT2D eigenvalue weighted by atomic mass is 16.5. The molecule has 0 aliphatic carbocycles. The van der Waals surface area contributed by atoms with Gasteiger partial charge in [-0.25, -0.2) is 5.48 Å². The number of nitrogens with zero attached hydrogens (tertiary/aromatic N) is 1. The molecule has 0 bridgehead atoms. The van der Waals surface area contributed by atoms with Gasteiger partial charge in [-0.2, -0.15) is 0 Å². The van der Waals surface area contributed by atoms with Gasteiger partial charge in [0.25, 0.3) is 23.6 Å². The minimum Gasteiger partial charge on any atom is -0.494 e. The van der Waals surface area contributed by atoms with Gasteiger partial charge in [0, 0.05) is 49.3 Å². The van der Waals surface area contributed by atoms with Gasteiger partial charge in [-0.15, -0.1) is 0 Å². The summed E-state index contributed by atoms with van der Waals surface area (Å²) < 4.78 is 5.80. The van der Waals surface area contributed by atoms with E-state index in [-0.39, 0.29) is 41.3 Å². The number of piperidine rings is 1. The molecule has 1 atom stereocenters. The van der Waals surface area contributed by atoms with Gasteiger partial charge >= 0.3 is 0 Å². The molecule has 2 aliphatic heterocycles. The summed E-state index contributed by atoms with van der Waals surface area (Å²) in [6.07, 6.45) is 4.96. The minimum atomic E-state index is -1.01. The molecule has 6 N–H and O–H groups in total. The number of unbranched alkanes of at least 4 members (excludes halogenated alkanes) is 3. The van der Waals surface area contributed by atoms with Crippen molar-refractivity contribution in [2.45, 2.75) is 63.8 Å². The van der Waals surface area contributed by atoms with Crippen LogP contribution >= 0.6 is 0 Å². The Morgan fingerprint density at radius 1 is 0.796 bits per heavy atom. The number of anilines is 1. The summed E-state index contributed by atoms with van der Waals surface area (Å²) in [5.74, 6) is -2.47. The third kappa shape index (κ3) is 10.3. The number of fused-ring (bicyclic) bond motifs is 1. The normalized spacial score (nSPS) is 15.0. The maximum absolute atomic E-state index is 13.2. The zero-order valence-corrected chi connectivity index (χ0v) is 29.8. The minimum absolute atomic E-state index is 0.0171. The van der Waals surface area contributed by atoms with Crippen molar-refractivity contribution in [2.75, 3.05) is 31.6 Å². The number of amides is 7. The topological polar surface area (TPSA) is 212 Å². The molecule has 2 heterocycles. The Bertz CT molecular complexity index is 1880. The van der Waals surface area contributed by atoms with Gasteiger partial charge in [0.1, 0.15) is 11.8 Å². The van der Waals surface area contributed by atoms with Gasteiger partial charge < -0.3 is 20.7 Å². The molecule has 15 heteroatoms. The average molecular weight is 741 g/mol. The number of hydroxylamine groups is 1.